The van der Waals surface area contributed by atoms with Gasteiger partial charge in [0.1, 0.15) is 0 Å². The van der Waals surface area contributed by atoms with Gasteiger partial charge in [0.15, 0.2) is 11.5 Å². The van der Waals surface area contributed by atoms with E-state index in [2.05, 4.69) is 11.1 Å². The van der Waals surface area contributed by atoms with E-state index in [1.54, 1.807) is 23.2 Å². The molecule has 0 spiro atoms. The molecule has 0 N–H and O–H groups in total. The number of para-hydroxylation sites is 1. The number of anilines is 1. The first kappa shape index (κ1) is 17.1. The van der Waals surface area contributed by atoms with E-state index in [-0.39, 0.29) is 18.6 Å². The quantitative estimate of drug-likeness (QED) is 0.799. The highest BCUT2D eigenvalue weighted by molar-refractivity contribution is 5.96. The number of carbonyl (C=O) groups is 2. The molecule has 7 nitrogen and oxygen atoms in total. The van der Waals surface area contributed by atoms with Crippen molar-refractivity contribution in [1.29, 1.82) is 0 Å². The minimum absolute atomic E-state index is 0.0247. The first-order valence-corrected chi connectivity index (χ1v) is 9.55. The number of amides is 2. The summed E-state index contributed by atoms with van der Waals surface area (Å²) in [4.78, 5) is 27.3. The smallest absolute Gasteiger partial charge is 0.254 e. The fraction of sp³-hybridized carbons (Fsp3) is 0.333. The number of hydrazine groups is 1. The van der Waals surface area contributed by atoms with Crippen molar-refractivity contribution in [2.45, 2.75) is 12.8 Å². The van der Waals surface area contributed by atoms with Crippen LogP contribution in [0.1, 0.15) is 22.3 Å². The Labute approximate surface area is 163 Å². The number of hydrogen-bond donors (Lipinski definition) is 0. The highest BCUT2D eigenvalue weighted by Crippen LogP contribution is 2.33. The Hall–Kier alpha value is -3.06. The number of aryl methyl sites for hydroxylation is 1. The van der Waals surface area contributed by atoms with Gasteiger partial charge >= 0.3 is 0 Å². The molecule has 2 amide bonds. The molecule has 2 aromatic rings. The van der Waals surface area contributed by atoms with E-state index in [4.69, 9.17) is 9.47 Å². The summed E-state index contributed by atoms with van der Waals surface area (Å²) >= 11 is 0. The normalized spacial score (nSPS) is 18.9. The van der Waals surface area contributed by atoms with Crippen molar-refractivity contribution < 1.29 is 19.1 Å². The van der Waals surface area contributed by atoms with Crippen LogP contribution in [0.25, 0.3) is 0 Å². The fourth-order valence-corrected chi connectivity index (χ4v) is 4.03. The fourth-order valence-electron chi connectivity index (χ4n) is 4.03. The molecule has 0 atom stereocenters. The number of benzene rings is 2. The molecule has 2 aromatic carbocycles. The van der Waals surface area contributed by atoms with Crippen LogP contribution in [0.5, 0.6) is 11.5 Å². The van der Waals surface area contributed by atoms with Gasteiger partial charge in [0.05, 0.1) is 5.69 Å². The number of piperazine rings is 1. The zero-order valence-electron chi connectivity index (χ0n) is 15.5. The molecule has 0 radical (unpaired) electrons. The molecule has 3 aliphatic rings. The van der Waals surface area contributed by atoms with Gasteiger partial charge in [-0.05, 0) is 36.2 Å². The van der Waals surface area contributed by atoms with Crippen LogP contribution in [-0.2, 0) is 11.2 Å². The molecule has 3 heterocycles. The predicted octanol–water partition coefficient (Wildman–Crippen LogP) is 2.07. The van der Waals surface area contributed by atoms with Crippen LogP contribution in [0.2, 0.25) is 0 Å². The van der Waals surface area contributed by atoms with Crippen LogP contribution in [0.15, 0.2) is 42.5 Å². The average Bonchev–Trinajstić information content (AvgIpc) is 3.21. The molecule has 3 aliphatic heterocycles. The van der Waals surface area contributed by atoms with Gasteiger partial charge in [-0.25, -0.2) is 10.0 Å². The maximum absolute atomic E-state index is 12.9. The van der Waals surface area contributed by atoms with E-state index < -0.39 is 0 Å². The second-order valence-corrected chi connectivity index (χ2v) is 7.15. The zero-order chi connectivity index (χ0) is 19.1. The molecule has 28 heavy (non-hydrogen) atoms. The van der Waals surface area contributed by atoms with Crippen LogP contribution in [0.3, 0.4) is 0 Å². The van der Waals surface area contributed by atoms with Gasteiger partial charge in [-0.2, -0.15) is 0 Å². The zero-order valence-corrected chi connectivity index (χ0v) is 15.5. The molecular formula is C21H21N3O4. The second-order valence-electron chi connectivity index (χ2n) is 7.15. The summed E-state index contributed by atoms with van der Waals surface area (Å²) in [6.07, 6.45) is 1.31. The van der Waals surface area contributed by atoms with E-state index in [0.29, 0.717) is 49.7 Å². The Morgan fingerprint density at radius 3 is 2.54 bits per heavy atom. The molecule has 144 valence electrons. The van der Waals surface area contributed by atoms with Gasteiger partial charge in [0.25, 0.3) is 5.91 Å². The summed E-state index contributed by atoms with van der Waals surface area (Å²) in [7, 11) is 0. The van der Waals surface area contributed by atoms with Crippen LogP contribution in [0.4, 0.5) is 5.69 Å². The molecule has 5 rings (SSSR count). The van der Waals surface area contributed by atoms with Crippen molar-refractivity contribution in [3.63, 3.8) is 0 Å². The molecule has 0 saturated carbocycles. The van der Waals surface area contributed by atoms with Gasteiger partial charge in [-0.15, -0.1) is 0 Å². The van der Waals surface area contributed by atoms with Crippen molar-refractivity contribution in [3.8, 4) is 11.5 Å². The standard InChI is InChI=1S/C21H21N3O4/c25-20-8-6-15-3-1-2-4-17(15)24(20)23-11-9-22(10-12-23)21(26)16-5-7-18-19(13-16)28-14-27-18/h1-5,7,13H,6,8-12,14H2. The number of rotatable bonds is 2. The Kier molecular flexibility index (Phi) is 4.16. The summed E-state index contributed by atoms with van der Waals surface area (Å²) < 4.78 is 10.7. The Bertz CT molecular complexity index is 937. The molecule has 1 fully saturated rings. The van der Waals surface area contributed by atoms with Crippen molar-refractivity contribution in [2.75, 3.05) is 38.0 Å². The lowest BCUT2D eigenvalue weighted by molar-refractivity contribution is -0.122. The molecule has 1 saturated heterocycles. The Morgan fingerprint density at radius 1 is 0.893 bits per heavy atom. The van der Waals surface area contributed by atoms with E-state index in [1.165, 1.54) is 5.56 Å². The van der Waals surface area contributed by atoms with Crippen LogP contribution < -0.4 is 14.5 Å². The Morgan fingerprint density at radius 2 is 1.68 bits per heavy atom. The van der Waals surface area contributed by atoms with Gasteiger partial charge in [0.2, 0.25) is 12.7 Å². The van der Waals surface area contributed by atoms with E-state index in [9.17, 15) is 9.59 Å². The second kappa shape index (κ2) is 6.83. The molecule has 0 aliphatic carbocycles. The lowest BCUT2D eigenvalue weighted by Crippen LogP contribution is -2.57. The van der Waals surface area contributed by atoms with Gasteiger partial charge in [0, 0.05) is 38.2 Å². The number of ether oxygens (including phenoxy) is 2. The number of nitrogens with zero attached hydrogens (tertiary/aromatic N) is 3. The molecule has 0 aromatic heterocycles. The summed E-state index contributed by atoms with van der Waals surface area (Å²) in [5.41, 5.74) is 2.76. The third kappa shape index (κ3) is 2.88. The summed E-state index contributed by atoms with van der Waals surface area (Å²) in [6.45, 7) is 2.57. The lowest BCUT2D eigenvalue weighted by Gasteiger charge is -2.43. The number of hydrogen-bond acceptors (Lipinski definition) is 5. The highest BCUT2D eigenvalue weighted by atomic mass is 16.7. The minimum atomic E-state index is -0.0247. The van der Waals surface area contributed by atoms with E-state index in [0.717, 1.165) is 12.1 Å². The van der Waals surface area contributed by atoms with Crippen molar-refractivity contribution in [3.05, 3.63) is 53.6 Å². The minimum Gasteiger partial charge on any atom is -0.454 e. The summed E-state index contributed by atoms with van der Waals surface area (Å²) in [5, 5.41) is 3.87. The lowest BCUT2D eigenvalue weighted by atomic mass is 10.0. The van der Waals surface area contributed by atoms with Crippen molar-refractivity contribution >= 4 is 17.5 Å². The average molecular weight is 379 g/mol. The molecule has 7 heteroatoms. The van der Waals surface area contributed by atoms with Crippen molar-refractivity contribution in [1.82, 2.24) is 9.91 Å². The first-order chi connectivity index (χ1) is 13.7. The first-order valence-electron chi connectivity index (χ1n) is 9.55. The predicted molar refractivity (Wildman–Crippen MR) is 102 cm³/mol. The Balaban J connectivity index is 1.29. The maximum atomic E-state index is 12.9. The van der Waals surface area contributed by atoms with Gasteiger partial charge in [-0.3, -0.25) is 9.59 Å². The van der Waals surface area contributed by atoms with E-state index >= 15 is 0 Å². The topological polar surface area (TPSA) is 62.3 Å². The molecular weight excluding hydrogens is 358 g/mol. The molecule has 0 bridgehead atoms. The number of fused-ring (bicyclic) bond motifs is 2. The third-order valence-electron chi connectivity index (χ3n) is 5.51. The van der Waals surface area contributed by atoms with Crippen LogP contribution in [0, 0.1) is 0 Å². The van der Waals surface area contributed by atoms with Crippen molar-refractivity contribution in [2.24, 2.45) is 0 Å². The maximum Gasteiger partial charge on any atom is 0.254 e. The third-order valence-corrected chi connectivity index (χ3v) is 5.51. The van der Waals surface area contributed by atoms with Gasteiger partial charge < -0.3 is 14.4 Å². The number of carbonyl (C=O) groups excluding carboxylic acids is 2. The van der Waals surface area contributed by atoms with Gasteiger partial charge in [-0.1, -0.05) is 18.2 Å². The SMILES string of the molecule is O=C(c1ccc2c(c1)OCO2)N1CCN(N2C(=O)CCc3ccccc32)CC1. The van der Waals surface area contributed by atoms with Crippen LogP contribution >= 0.6 is 0 Å². The monoisotopic (exact) mass is 379 g/mol. The molecule has 0 unspecified atom stereocenters. The van der Waals surface area contributed by atoms with E-state index in [1.807, 2.05) is 23.1 Å². The highest BCUT2D eigenvalue weighted by Gasteiger charge is 2.32. The summed E-state index contributed by atoms with van der Waals surface area (Å²) in [6, 6.07) is 13.3. The summed E-state index contributed by atoms with van der Waals surface area (Å²) in [5.74, 6) is 1.38. The van der Waals surface area contributed by atoms with Crippen LogP contribution in [-0.4, -0.2) is 54.7 Å². The largest absolute Gasteiger partial charge is 0.454 e.